The molecule has 0 bridgehead atoms. The second kappa shape index (κ2) is 5.15. The average molecular weight is 215 g/mol. The summed E-state index contributed by atoms with van der Waals surface area (Å²) in [5.74, 6) is 0. The summed E-state index contributed by atoms with van der Waals surface area (Å²) < 4.78 is 0. The first-order valence-corrected chi connectivity index (χ1v) is 12.2. The summed E-state index contributed by atoms with van der Waals surface area (Å²) in [5.41, 5.74) is 2.54. The van der Waals surface area contributed by atoms with Crippen LogP contribution in [0.5, 0.6) is 0 Å². The Morgan fingerprint density at radius 3 is 1.85 bits per heavy atom. The summed E-state index contributed by atoms with van der Waals surface area (Å²) in [6, 6.07) is 4.16. The molecule has 0 unspecified atom stereocenters. The van der Waals surface area contributed by atoms with Gasteiger partial charge in [0.1, 0.15) is 0 Å². The van der Waals surface area contributed by atoms with Crippen LogP contribution in [0.25, 0.3) is 0 Å². The molecule has 0 aromatic rings. The molecule has 13 heavy (non-hydrogen) atoms. The highest BCUT2D eigenvalue weighted by molar-refractivity contribution is 6.82. The van der Waals surface area contributed by atoms with Crippen LogP contribution >= 0.6 is 0 Å². The first-order chi connectivity index (χ1) is 5.83. The van der Waals surface area contributed by atoms with Gasteiger partial charge in [-0.05, 0) is 6.04 Å². The molecule has 0 nitrogen and oxygen atoms in total. The van der Waals surface area contributed by atoms with Gasteiger partial charge < -0.3 is 0 Å². The molecule has 0 aromatic heterocycles. The van der Waals surface area contributed by atoms with E-state index in [1.807, 2.05) is 0 Å². The topological polar surface area (TPSA) is 0 Å². The van der Waals surface area contributed by atoms with E-state index >= 15 is 0 Å². The highest BCUT2D eigenvalue weighted by atomic mass is 28.3. The van der Waals surface area contributed by atoms with Gasteiger partial charge in [-0.3, -0.25) is 0 Å². The highest BCUT2D eigenvalue weighted by Gasteiger charge is 2.17. The van der Waals surface area contributed by atoms with Crippen molar-refractivity contribution in [3.05, 3.63) is 11.8 Å². The van der Waals surface area contributed by atoms with E-state index in [4.69, 9.17) is 0 Å². The molecule has 0 saturated heterocycles. The molecule has 0 aliphatic rings. The molecule has 2 heteroatoms. The Morgan fingerprint density at radius 1 is 0.923 bits per heavy atom. The Kier molecular flexibility index (Phi) is 5.22. The third kappa shape index (κ3) is 6.27. The van der Waals surface area contributed by atoms with Crippen molar-refractivity contribution in [2.75, 3.05) is 0 Å². The zero-order valence-corrected chi connectivity index (χ0v) is 12.3. The maximum absolute atomic E-state index is 2.54. The minimum Gasteiger partial charge on any atom is -0.0989 e. The van der Waals surface area contributed by atoms with Crippen molar-refractivity contribution < 1.29 is 0 Å². The smallest absolute Gasteiger partial charge is 0.0710 e. The van der Waals surface area contributed by atoms with Gasteiger partial charge in [0.05, 0.1) is 16.1 Å². The Bertz CT molecular complexity index is 169. The van der Waals surface area contributed by atoms with Crippen LogP contribution < -0.4 is 0 Å². The predicted octanol–water partition coefficient (Wildman–Crippen LogP) is 4.54. The monoisotopic (exact) mass is 214 g/mol. The number of hydrogen-bond donors (Lipinski definition) is 0. The van der Waals surface area contributed by atoms with Gasteiger partial charge in [-0.25, -0.2) is 0 Å². The molecule has 0 saturated carbocycles. The molecule has 0 N–H and O–H groups in total. The Labute approximate surface area is 86.5 Å². The van der Waals surface area contributed by atoms with E-state index < -0.39 is 16.1 Å². The maximum Gasteiger partial charge on any atom is 0.0710 e. The largest absolute Gasteiger partial charge is 0.0989 e. The van der Waals surface area contributed by atoms with Crippen LogP contribution in [0.4, 0.5) is 0 Å². The predicted molar refractivity (Wildman–Crippen MR) is 69.9 cm³/mol. The van der Waals surface area contributed by atoms with Crippen molar-refractivity contribution >= 4 is 16.1 Å². The van der Waals surface area contributed by atoms with Gasteiger partial charge in [0, 0.05) is 0 Å². The molecule has 0 radical (unpaired) electrons. The average Bonchev–Trinajstić information content (AvgIpc) is 2.04. The minimum absolute atomic E-state index is 0.854. The zero-order chi connectivity index (χ0) is 10.5. The lowest BCUT2D eigenvalue weighted by atomic mass is 10.7. The molecule has 0 fully saturated rings. The van der Waals surface area contributed by atoms with Crippen molar-refractivity contribution in [2.24, 2.45) is 0 Å². The number of allylic oxidation sites excluding steroid dienone is 1. The fraction of sp³-hybridized carbons (Fsp3) is 0.818. The molecule has 0 aromatic carbocycles. The summed E-state index contributed by atoms with van der Waals surface area (Å²) in [6.45, 7) is 14.5. The Morgan fingerprint density at radius 2 is 1.46 bits per heavy atom. The van der Waals surface area contributed by atoms with Gasteiger partial charge in [-0.1, -0.05) is 63.9 Å². The summed E-state index contributed by atoms with van der Waals surface area (Å²) >= 11 is 0. The van der Waals surface area contributed by atoms with Crippen LogP contribution in [0.15, 0.2) is 11.8 Å². The second-order valence-electron chi connectivity index (χ2n) is 5.47. The first kappa shape index (κ1) is 13.2. The van der Waals surface area contributed by atoms with Crippen LogP contribution in [-0.4, -0.2) is 16.1 Å². The summed E-state index contributed by atoms with van der Waals surface area (Å²) in [4.78, 5) is 0. The zero-order valence-electron chi connectivity index (χ0n) is 10.3. The molecule has 0 aliphatic heterocycles. The van der Waals surface area contributed by atoms with Gasteiger partial charge in [-0.15, -0.1) is 0 Å². The van der Waals surface area contributed by atoms with E-state index in [1.54, 1.807) is 0 Å². The van der Waals surface area contributed by atoms with Gasteiger partial charge in [-0.2, -0.15) is 0 Å². The Hall–Kier alpha value is 0.174. The van der Waals surface area contributed by atoms with E-state index in [1.165, 1.54) is 18.1 Å². The molecule has 0 aliphatic carbocycles. The summed E-state index contributed by atoms with van der Waals surface area (Å²) in [6.07, 6.45) is 2.48. The summed E-state index contributed by atoms with van der Waals surface area (Å²) in [5, 5.41) is 0. The van der Waals surface area contributed by atoms with Crippen molar-refractivity contribution in [1.29, 1.82) is 0 Å². The van der Waals surface area contributed by atoms with E-state index in [9.17, 15) is 0 Å². The molecule has 0 spiro atoms. The lowest BCUT2D eigenvalue weighted by Crippen LogP contribution is -2.24. The van der Waals surface area contributed by atoms with Crippen LogP contribution in [0.3, 0.4) is 0 Å². The molecular weight excluding hydrogens is 188 g/mol. The van der Waals surface area contributed by atoms with Crippen molar-refractivity contribution in [3.8, 4) is 0 Å². The van der Waals surface area contributed by atoms with Gasteiger partial charge in [0.2, 0.25) is 0 Å². The normalized spacial score (nSPS) is 14.0. The summed E-state index contributed by atoms with van der Waals surface area (Å²) in [7, 11) is -1.80. The SMILES string of the molecule is CC[Si](C)(C)/C=C/C[Si](C)(C)CC. The fourth-order valence-electron chi connectivity index (χ4n) is 0.959. The third-order valence-electron chi connectivity index (χ3n) is 3.11. The second-order valence-corrected chi connectivity index (χ2v) is 15.9. The molecular formula is C11H26Si2. The van der Waals surface area contributed by atoms with Gasteiger partial charge >= 0.3 is 0 Å². The fourth-order valence-corrected chi connectivity index (χ4v) is 3.23. The quantitative estimate of drug-likeness (QED) is 0.590. The molecule has 78 valence electrons. The van der Waals surface area contributed by atoms with Crippen LogP contribution in [-0.2, 0) is 0 Å². The van der Waals surface area contributed by atoms with Crippen molar-refractivity contribution in [2.45, 2.75) is 58.2 Å². The van der Waals surface area contributed by atoms with Gasteiger partial charge in [0.25, 0.3) is 0 Å². The highest BCUT2D eigenvalue weighted by Crippen LogP contribution is 2.17. The third-order valence-corrected chi connectivity index (χ3v) is 9.32. The molecule has 0 heterocycles. The first-order valence-electron chi connectivity index (χ1n) is 5.51. The van der Waals surface area contributed by atoms with Crippen LogP contribution in [0, 0.1) is 0 Å². The molecule has 0 amide bonds. The van der Waals surface area contributed by atoms with E-state index in [-0.39, 0.29) is 0 Å². The number of hydrogen-bond acceptors (Lipinski definition) is 0. The maximum atomic E-state index is 2.54. The lowest BCUT2D eigenvalue weighted by molar-refractivity contribution is 1.31. The van der Waals surface area contributed by atoms with Gasteiger partial charge in [0.15, 0.2) is 0 Å². The van der Waals surface area contributed by atoms with E-state index in [0.29, 0.717) is 0 Å². The standard InChI is InChI=1S/C11H26Si2/c1-7-12(3,4)10-9-11-13(5,6)8-2/h9-10H,7-8,11H2,1-6H3/b10-9+. The van der Waals surface area contributed by atoms with E-state index in [0.717, 1.165) is 0 Å². The van der Waals surface area contributed by atoms with Crippen LogP contribution in [0.1, 0.15) is 13.8 Å². The molecule has 0 atom stereocenters. The lowest BCUT2D eigenvalue weighted by Gasteiger charge is -2.19. The van der Waals surface area contributed by atoms with E-state index in [2.05, 4.69) is 51.8 Å². The van der Waals surface area contributed by atoms with Crippen LogP contribution in [0.2, 0.25) is 44.3 Å². The number of rotatable bonds is 5. The molecule has 0 rings (SSSR count). The van der Waals surface area contributed by atoms with Crippen molar-refractivity contribution in [3.63, 3.8) is 0 Å². The Balaban J connectivity index is 4.01. The van der Waals surface area contributed by atoms with Crippen molar-refractivity contribution in [1.82, 2.24) is 0 Å². The minimum atomic E-state index is -0.948.